The van der Waals surface area contributed by atoms with Gasteiger partial charge in [-0.15, -0.1) is 0 Å². The van der Waals surface area contributed by atoms with Crippen LogP contribution in [0.1, 0.15) is 23.5 Å². The Labute approximate surface area is 128 Å². The first kappa shape index (κ1) is 14.6. The van der Waals surface area contributed by atoms with E-state index in [2.05, 4.69) is 9.97 Å². The molecule has 1 saturated carbocycles. The smallest absolute Gasteiger partial charge is 0.202 e. The minimum Gasteiger partial charge on any atom is -0.489 e. The van der Waals surface area contributed by atoms with Gasteiger partial charge in [-0.1, -0.05) is 12.1 Å². The second-order valence-electron chi connectivity index (χ2n) is 5.69. The average molecular weight is 299 g/mol. The van der Waals surface area contributed by atoms with Crippen molar-refractivity contribution in [2.45, 2.75) is 25.7 Å². The number of aromatic nitrogens is 2. The van der Waals surface area contributed by atoms with Crippen LogP contribution in [0.4, 0.5) is 4.39 Å². The number of benzene rings is 1. The van der Waals surface area contributed by atoms with E-state index in [1.807, 2.05) is 20.1 Å². The van der Waals surface area contributed by atoms with Gasteiger partial charge in [-0.25, -0.2) is 14.4 Å². The van der Waals surface area contributed by atoms with Gasteiger partial charge in [0.25, 0.3) is 0 Å². The van der Waals surface area contributed by atoms with Crippen LogP contribution in [0.25, 0.3) is 0 Å². The Hall–Kier alpha value is -2.30. The number of rotatable bonds is 5. The fraction of sp³-hybridized carbons (Fsp3) is 0.353. The van der Waals surface area contributed by atoms with E-state index in [1.165, 1.54) is 12.1 Å². The highest BCUT2D eigenvalue weighted by Gasteiger charge is 2.56. The van der Waals surface area contributed by atoms with Crippen LogP contribution in [0.5, 0.6) is 5.75 Å². The van der Waals surface area contributed by atoms with Crippen LogP contribution >= 0.6 is 0 Å². The zero-order valence-corrected chi connectivity index (χ0v) is 12.5. The van der Waals surface area contributed by atoms with Crippen molar-refractivity contribution >= 4 is 6.29 Å². The van der Waals surface area contributed by atoms with Crippen LogP contribution in [0.3, 0.4) is 0 Å². The molecule has 1 fully saturated rings. The number of hydrogen-bond acceptors (Lipinski definition) is 4. The number of carbonyl (C=O) groups excluding carboxylic acids is 1. The van der Waals surface area contributed by atoms with Crippen LogP contribution in [0.15, 0.2) is 30.5 Å². The maximum absolute atomic E-state index is 13.1. The Bertz CT molecular complexity index is 702. The van der Waals surface area contributed by atoms with Gasteiger partial charge in [0.05, 0.1) is 18.5 Å². The summed E-state index contributed by atoms with van der Waals surface area (Å²) in [5, 5.41) is 0. The molecule has 0 N–H and O–H groups in total. The summed E-state index contributed by atoms with van der Waals surface area (Å²) in [4.78, 5) is 19.4. The Morgan fingerprint density at radius 3 is 2.68 bits per heavy atom. The summed E-state index contributed by atoms with van der Waals surface area (Å²) >= 11 is 0. The summed E-state index contributed by atoms with van der Waals surface area (Å²) < 4.78 is 18.9. The molecule has 0 aliphatic heterocycles. The summed E-state index contributed by atoms with van der Waals surface area (Å²) in [7, 11) is 0. The molecule has 2 unspecified atom stereocenters. The van der Waals surface area contributed by atoms with Gasteiger partial charge >= 0.3 is 0 Å². The molecule has 2 atom stereocenters. The quantitative estimate of drug-likeness (QED) is 0.852. The van der Waals surface area contributed by atoms with E-state index in [1.54, 1.807) is 18.3 Å². The van der Waals surface area contributed by atoms with Crippen LogP contribution in [-0.4, -0.2) is 22.9 Å². The van der Waals surface area contributed by atoms with Gasteiger partial charge in [0.1, 0.15) is 11.6 Å². The number of ether oxygens (including phenoxy) is 1. The van der Waals surface area contributed by atoms with E-state index >= 15 is 0 Å². The van der Waals surface area contributed by atoms with Crippen molar-refractivity contribution in [2.24, 2.45) is 5.92 Å². The fourth-order valence-corrected chi connectivity index (χ4v) is 2.72. The lowest BCUT2D eigenvalue weighted by atomic mass is 9.94. The highest BCUT2D eigenvalue weighted by molar-refractivity contribution is 5.65. The molecule has 0 saturated heterocycles. The zero-order chi connectivity index (χ0) is 15.7. The van der Waals surface area contributed by atoms with Crippen molar-refractivity contribution in [2.75, 3.05) is 6.61 Å². The predicted molar refractivity (Wildman–Crippen MR) is 78.9 cm³/mol. The number of hydrogen-bond donors (Lipinski definition) is 0. The fourth-order valence-electron chi connectivity index (χ4n) is 2.72. The van der Waals surface area contributed by atoms with Crippen molar-refractivity contribution in [1.82, 2.24) is 9.97 Å². The van der Waals surface area contributed by atoms with Gasteiger partial charge < -0.3 is 4.74 Å². The third kappa shape index (κ3) is 2.58. The van der Waals surface area contributed by atoms with E-state index in [9.17, 15) is 9.18 Å². The molecule has 4 nitrogen and oxygen atoms in total. The second-order valence-corrected chi connectivity index (χ2v) is 5.69. The molecule has 1 aromatic heterocycles. The molecule has 1 radical (unpaired) electrons. The van der Waals surface area contributed by atoms with E-state index < -0.39 is 5.41 Å². The summed E-state index contributed by atoms with van der Waals surface area (Å²) in [6.07, 6.45) is 4.35. The molecule has 1 aliphatic rings. The lowest BCUT2D eigenvalue weighted by Gasteiger charge is -2.18. The van der Waals surface area contributed by atoms with Crippen molar-refractivity contribution in [1.29, 1.82) is 0 Å². The van der Waals surface area contributed by atoms with Gasteiger partial charge in [0.15, 0.2) is 5.75 Å². The topological polar surface area (TPSA) is 52.1 Å². The standard InChI is InChI=1S/C17H16FN2O2/c1-11-16(8-19-12(2)20-11)22-10-17(7-14(17)9-21)13-3-5-15(18)6-4-13/h3-6,8,14H,7,10H2,1-2H3. The average Bonchev–Trinajstić information content (AvgIpc) is 3.22. The molecule has 1 aliphatic carbocycles. The molecule has 1 heterocycles. The molecule has 1 aromatic carbocycles. The molecular formula is C17H16FN2O2. The summed E-state index contributed by atoms with van der Waals surface area (Å²) in [6.45, 7) is 3.99. The molecule has 0 amide bonds. The van der Waals surface area contributed by atoms with Crippen LogP contribution < -0.4 is 4.74 Å². The first-order valence-corrected chi connectivity index (χ1v) is 7.12. The molecular weight excluding hydrogens is 283 g/mol. The molecule has 3 rings (SSSR count). The number of aryl methyl sites for hydroxylation is 2. The van der Waals surface area contributed by atoms with Gasteiger partial charge in [0.2, 0.25) is 6.29 Å². The van der Waals surface area contributed by atoms with Crippen molar-refractivity contribution in [3.05, 3.63) is 53.4 Å². The molecule has 0 bridgehead atoms. The van der Waals surface area contributed by atoms with E-state index in [4.69, 9.17) is 4.74 Å². The largest absolute Gasteiger partial charge is 0.489 e. The van der Waals surface area contributed by atoms with Crippen LogP contribution in [0.2, 0.25) is 0 Å². The summed E-state index contributed by atoms with van der Waals surface area (Å²) in [5.41, 5.74) is 1.23. The van der Waals surface area contributed by atoms with Gasteiger partial charge in [-0.2, -0.15) is 0 Å². The van der Waals surface area contributed by atoms with Gasteiger partial charge in [-0.05, 0) is 38.0 Å². The van der Waals surface area contributed by atoms with Crippen LogP contribution in [0, 0.1) is 25.6 Å². The maximum atomic E-state index is 13.1. The minimum atomic E-state index is -0.424. The van der Waals surface area contributed by atoms with Crippen molar-refractivity contribution in [3.63, 3.8) is 0 Å². The highest BCUT2D eigenvalue weighted by atomic mass is 19.1. The van der Waals surface area contributed by atoms with Gasteiger partial charge in [0, 0.05) is 11.3 Å². The normalized spacial score (nSPS) is 23.1. The Balaban J connectivity index is 1.81. The predicted octanol–water partition coefficient (Wildman–Crippen LogP) is 2.68. The third-order valence-electron chi connectivity index (χ3n) is 4.18. The first-order valence-electron chi connectivity index (χ1n) is 7.12. The van der Waals surface area contributed by atoms with E-state index in [0.29, 0.717) is 24.6 Å². The molecule has 0 spiro atoms. The SMILES string of the molecule is Cc1ncc(OCC2(c3ccc(F)cc3)CC2[C]=O)c(C)n1. The van der Waals surface area contributed by atoms with Crippen molar-refractivity contribution < 1.29 is 13.9 Å². The van der Waals surface area contributed by atoms with E-state index in [-0.39, 0.29) is 11.7 Å². The third-order valence-corrected chi connectivity index (χ3v) is 4.18. The first-order chi connectivity index (χ1) is 10.5. The second kappa shape index (κ2) is 5.48. The molecule has 22 heavy (non-hydrogen) atoms. The Kier molecular flexibility index (Phi) is 3.64. The van der Waals surface area contributed by atoms with Gasteiger partial charge in [-0.3, -0.25) is 4.79 Å². The zero-order valence-electron chi connectivity index (χ0n) is 12.5. The van der Waals surface area contributed by atoms with Crippen molar-refractivity contribution in [3.8, 4) is 5.75 Å². The minimum absolute atomic E-state index is 0.218. The lowest BCUT2D eigenvalue weighted by molar-refractivity contribution is 0.269. The van der Waals surface area contributed by atoms with E-state index in [0.717, 1.165) is 11.3 Å². The Morgan fingerprint density at radius 2 is 2.09 bits per heavy atom. The monoisotopic (exact) mass is 299 g/mol. The summed E-state index contributed by atoms with van der Waals surface area (Å²) in [6, 6.07) is 6.21. The Morgan fingerprint density at radius 1 is 1.36 bits per heavy atom. The lowest BCUT2D eigenvalue weighted by Crippen LogP contribution is -2.21. The maximum Gasteiger partial charge on any atom is 0.202 e. The highest BCUT2D eigenvalue weighted by Crippen LogP contribution is 2.53. The summed E-state index contributed by atoms with van der Waals surface area (Å²) in [5.74, 6) is 0.770. The number of halogens is 1. The molecule has 5 heteroatoms. The molecule has 2 aromatic rings. The number of nitrogens with zero attached hydrogens (tertiary/aromatic N) is 2. The molecule has 113 valence electrons. The van der Waals surface area contributed by atoms with Crippen LogP contribution in [-0.2, 0) is 10.2 Å².